The Balaban J connectivity index is 2.44. The number of hydrogen-bond acceptors (Lipinski definition) is 4. The van der Waals surface area contributed by atoms with Crippen molar-refractivity contribution in [3.05, 3.63) is 53.6 Å². The lowest BCUT2D eigenvalue weighted by molar-refractivity contribution is 0.103. The van der Waals surface area contributed by atoms with Gasteiger partial charge in [-0.3, -0.25) is 9.78 Å². The molecule has 4 nitrogen and oxygen atoms in total. The third-order valence-corrected chi connectivity index (χ3v) is 2.47. The number of methoxy groups -OCH3 is 1. The van der Waals surface area contributed by atoms with Crippen molar-refractivity contribution < 1.29 is 13.9 Å². The molecule has 1 aromatic heterocycles. The van der Waals surface area contributed by atoms with Gasteiger partial charge in [0.25, 0.3) is 0 Å². The molecule has 0 unspecified atom stereocenters. The second-order valence-corrected chi connectivity index (χ2v) is 3.62. The molecule has 1 aromatic carbocycles. The normalized spacial score (nSPS) is 10.1. The maximum atomic E-state index is 13.7. The van der Waals surface area contributed by atoms with Crippen LogP contribution in [0.2, 0.25) is 0 Å². The first-order chi connectivity index (χ1) is 8.63. The molecule has 0 atom stereocenters. The van der Waals surface area contributed by atoms with Gasteiger partial charge < -0.3 is 10.5 Å². The van der Waals surface area contributed by atoms with E-state index in [0.29, 0.717) is 5.75 Å². The summed E-state index contributed by atoms with van der Waals surface area (Å²) in [4.78, 5) is 15.9. The molecule has 0 bridgehead atoms. The highest BCUT2D eigenvalue weighted by atomic mass is 19.1. The van der Waals surface area contributed by atoms with Gasteiger partial charge in [0.2, 0.25) is 5.78 Å². The number of aromatic nitrogens is 1. The van der Waals surface area contributed by atoms with Crippen molar-refractivity contribution >= 4 is 11.5 Å². The van der Waals surface area contributed by atoms with E-state index >= 15 is 0 Å². The highest BCUT2D eigenvalue weighted by Crippen LogP contribution is 2.20. The molecule has 2 aromatic rings. The van der Waals surface area contributed by atoms with E-state index in [4.69, 9.17) is 10.5 Å². The summed E-state index contributed by atoms with van der Waals surface area (Å²) in [7, 11) is 1.42. The number of nitrogens with two attached hydrogens (primary N) is 1. The van der Waals surface area contributed by atoms with Gasteiger partial charge in [0.05, 0.1) is 18.4 Å². The van der Waals surface area contributed by atoms with Crippen LogP contribution in [-0.4, -0.2) is 17.9 Å². The van der Waals surface area contributed by atoms with Crippen LogP contribution in [0.25, 0.3) is 0 Å². The van der Waals surface area contributed by atoms with Crippen LogP contribution in [0.15, 0.2) is 36.5 Å². The van der Waals surface area contributed by atoms with Gasteiger partial charge in [-0.25, -0.2) is 4.39 Å². The van der Waals surface area contributed by atoms with Gasteiger partial charge in [-0.15, -0.1) is 0 Å². The average molecular weight is 246 g/mol. The van der Waals surface area contributed by atoms with E-state index in [2.05, 4.69) is 4.98 Å². The van der Waals surface area contributed by atoms with Crippen LogP contribution in [0.5, 0.6) is 5.75 Å². The number of ether oxygens (including phenoxy) is 1. The lowest BCUT2D eigenvalue weighted by Gasteiger charge is -2.06. The van der Waals surface area contributed by atoms with Crippen molar-refractivity contribution in [2.45, 2.75) is 0 Å². The summed E-state index contributed by atoms with van der Waals surface area (Å²) >= 11 is 0. The van der Waals surface area contributed by atoms with Gasteiger partial charge in [0, 0.05) is 12.3 Å². The maximum absolute atomic E-state index is 13.7. The molecule has 92 valence electrons. The zero-order chi connectivity index (χ0) is 13.1. The molecule has 5 heteroatoms. The predicted octanol–water partition coefficient (Wildman–Crippen LogP) is 2.04. The summed E-state index contributed by atoms with van der Waals surface area (Å²) in [6, 6.07) is 7.16. The summed E-state index contributed by atoms with van der Waals surface area (Å²) in [6.07, 6.45) is 1.44. The summed E-state index contributed by atoms with van der Waals surface area (Å²) in [5.74, 6) is -0.865. The number of nitrogen functional groups attached to an aromatic ring is 1. The van der Waals surface area contributed by atoms with Gasteiger partial charge >= 0.3 is 0 Å². The Morgan fingerprint density at radius 3 is 2.78 bits per heavy atom. The molecular formula is C13H11FN2O2. The molecule has 0 saturated heterocycles. The van der Waals surface area contributed by atoms with Gasteiger partial charge in [0.15, 0.2) is 0 Å². The number of benzene rings is 1. The minimum atomic E-state index is -0.663. The van der Waals surface area contributed by atoms with Gasteiger partial charge in [0.1, 0.15) is 17.3 Å². The Kier molecular flexibility index (Phi) is 3.23. The third-order valence-electron chi connectivity index (χ3n) is 2.47. The first-order valence-electron chi connectivity index (χ1n) is 5.22. The van der Waals surface area contributed by atoms with Crippen LogP contribution >= 0.6 is 0 Å². The topological polar surface area (TPSA) is 65.2 Å². The largest absolute Gasteiger partial charge is 0.497 e. The van der Waals surface area contributed by atoms with Crippen molar-refractivity contribution in [2.24, 2.45) is 0 Å². The monoisotopic (exact) mass is 246 g/mol. The number of hydrogen-bond donors (Lipinski definition) is 1. The fraction of sp³-hybridized carbons (Fsp3) is 0.0769. The molecule has 2 N–H and O–H groups in total. The average Bonchev–Trinajstić information content (AvgIpc) is 2.38. The van der Waals surface area contributed by atoms with Crippen LogP contribution in [0.1, 0.15) is 16.1 Å². The van der Waals surface area contributed by atoms with Gasteiger partial charge in [-0.05, 0) is 24.3 Å². The summed E-state index contributed by atoms with van der Waals surface area (Å²) in [5, 5.41) is 0. The summed E-state index contributed by atoms with van der Waals surface area (Å²) in [5.41, 5.74) is 5.82. The van der Waals surface area contributed by atoms with E-state index in [1.54, 1.807) is 12.1 Å². The Hall–Kier alpha value is -2.43. The maximum Gasteiger partial charge on any atom is 0.216 e. The first kappa shape index (κ1) is 12.0. The summed E-state index contributed by atoms with van der Waals surface area (Å²) < 4.78 is 18.6. The number of rotatable bonds is 3. The molecule has 0 aliphatic rings. The smallest absolute Gasteiger partial charge is 0.216 e. The number of anilines is 1. The highest BCUT2D eigenvalue weighted by molar-refractivity contribution is 6.10. The van der Waals surface area contributed by atoms with Crippen LogP contribution in [0.3, 0.4) is 0 Å². The van der Waals surface area contributed by atoms with E-state index in [-0.39, 0.29) is 16.9 Å². The fourth-order valence-electron chi connectivity index (χ4n) is 1.54. The number of halogens is 1. The molecule has 0 spiro atoms. The highest BCUT2D eigenvalue weighted by Gasteiger charge is 2.17. The Morgan fingerprint density at radius 2 is 2.17 bits per heavy atom. The molecular weight excluding hydrogens is 235 g/mol. The molecule has 0 fully saturated rings. The van der Waals surface area contributed by atoms with Crippen LogP contribution in [-0.2, 0) is 0 Å². The Labute approximate surface area is 103 Å². The zero-order valence-corrected chi connectivity index (χ0v) is 9.68. The van der Waals surface area contributed by atoms with E-state index < -0.39 is 11.6 Å². The minimum absolute atomic E-state index is 0.0431. The standard InChI is InChI=1S/C13H11FN2O2/c1-18-8-4-5-9(10(14)7-8)13(17)12-11(15)3-2-6-16-12/h2-7H,15H2,1H3. The quantitative estimate of drug-likeness (QED) is 0.842. The molecule has 1 heterocycles. The van der Waals surface area contributed by atoms with Gasteiger partial charge in [-0.2, -0.15) is 0 Å². The van der Waals surface area contributed by atoms with Crippen LogP contribution < -0.4 is 10.5 Å². The van der Waals surface area contributed by atoms with Crippen LogP contribution in [0.4, 0.5) is 10.1 Å². The predicted molar refractivity (Wildman–Crippen MR) is 65.0 cm³/mol. The second kappa shape index (κ2) is 4.83. The Morgan fingerprint density at radius 1 is 1.39 bits per heavy atom. The lowest BCUT2D eigenvalue weighted by atomic mass is 10.1. The molecule has 0 saturated carbocycles. The second-order valence-electron chi connectivity index (χ2n) is 3.62. The zero-order valence-electron chi connectivity index (χ0n) is 9.68. The molecule has 0 aliphatic carbocycles. The van der Waals surface area contributed by atoms with Crippen molar-refractivity contribution in [2.75, 3.05) is 12.8 Å². The Bertz CT molecular complexity index is 599. The molecule has 18 heavy (non-hydrogen) atoms. The number of pyridine rings is 1. The number of nitrogens with zero attached hydrogens (tertiary/aromatic N) is 1. The van der Waals surface area contributed by atoms with E-state index in [1.165, 1.54) is 25.4 Å². The molecule has 0 amide bonds. The van der Waals surface area contributed by atoms with Crippen molar-refractivity contribution in [1.29, 1.82) is 0 Å². The molecule has 0 radical (unpaired) electrons. The van der Waals surface area contributed by atoms with Crippen molar-refractivity contribution in [3.63, 3.8) is 0 Å². The fourth-order valence-corrected chi connectivity index (χ4v) is 1.54. The number of carbonyl (C=O) groups excluding carboxylic acids is 1. The summed E-state index contributed by atoms with van der Waals surface area (Å²) in [6.45, 7) is 0. The SMILES string of the molecule is COc1ccc(C(=O)c2ncccc2N)c(F)c1. The van der Waals surface area contributed by atoms with Crippen molar-refractivity contribution in [1.82, 2.24) is 4.98 Å². The number of ketones is 1. The minimum Gasteiger partial charge on any atom is -0.497 e. The van der Waals surface area contributed by atoms with E-state index in [9.17, 15) is 9.18 Å². The van der Waals surface area contributed by atoms with Crippen LogP contribution in [0, 0.1) is 5.82 Å². The van der Waals surface area contributed by atoms with E-state index in [1.807, 2.05) is 0 Å². The van der Waals surface area contributed by atoms with Crippen molar-refractivity contribution in [3.8, 4) is 5.75 Å². The lowest BCUT2D eigenvalue weighted by Crippen LogP contribution is -2.09. The van der Waals surface area contributed by atoms with E-state index in [0.717, 1.165) is 6.07 Å². The number of carbonyl (C=O) groups is 1. The third kappa shape index (κ3) is 2.15. The molecule has 2 rings (SSSR count). The molecule has 0 aliphatic heterocycles. The first-order valence-corrected chi connectivity index (χ1v) is 5.22. The van der Waals surface area contributed by atoms with Gasteiger partial charge in [-0.1, -0.05) is 0 Å².